The molecule has 3 atom stereocenters. The van der Waals surface area contributed by atoms with Crippen molar-refractivity contribution >= 4 is 11.4 Å². The molecule has 0 saturated heterocycles. The Morgan fingerprint density at radius 3 is 2.50 bits per heavy atom. The zero-order valence-corrected chi connectivity index (χ0v) is 13.7. The molecular formula is C19H24O3. The summed E-state index contributed by atoms with van der Waals surface area (Å²) < 4.78 is 5.88. The lowest BCUT2D eigenvalue weighted by Gasteiger charge is -2.36. The molecule has 3 heteroatoms. The van der Waals surface area contributed by atoms with Crippen LogP contribution in [0, 0.1) is 11.3 Å². The molecule has 1 unspecified atom stereocenters. The number of rotatable bonds is 3. The first-order chi connectivity index (χ1) is 10.3. The van der Waals surface area contributed by atoms with E-state index in [0.29, 0.717) is 17.8 Å². The molecular weight excluding hydrogens is 276 g/mol. The summed E-state index contributed by atoms with van der Waals surface area (Å²) in [6, 6.07) is 9.68. The van der Waals surface area contributed by atoms with Gasteiger partial charge in [0.2, 0.25) is 5.78 Å². The SMILES string of the molecule is CC(C)OC1=C(c2ccccc2)[C@]2(O)C(C)CC[C@]2(C)C1=O. The molecule has 0 amide bonds. The Morgan fingerprint density at radius 2 is 1.91 bits per heavy atom. The number of Topliss-reactive ketones (excluding diaryl/α,β-unsaturated/α-hetero) is 1. The van der Waals surface area contributed by atoms with Crippen molar-refractivity contribution < 1.29 is 14.6 Å². The van der Waals surface area contributed by atoms with E-state index in [2.05, 4.69) is 0 Å². The van der Waals surface area contributed by atoms with Crippen LogP contribution in [0.25, 0.3) is 5.57 Å². The Labute approximate surface area is 132 Å². The summed E-state index contributed by atoms with van der Waals surface area (Å²) in [6.45, 7) is 7.73. The number of ketones is 1. The van der Waals surface area contributed by atoms with E-state index in [-0.39, 0.29) is 17.8 Å². The quantitative estimate of drug-likeness (QED) is 0.928. The monoisotopic (exact) mass is 300 g/mol. The van der Waals surface area contributed by atoms with Crippen LogP contribution in [-0.4, -0.2) is 22.6 Å². The van der Waals surface area contributed by atoms with Crippen molar-refractivity contribution in [1.29, 1.82) is 0 Å². The Kier molecular flexibility index (Phi) is 3.44. The second kappa shape index (κ2) is 4.95. The van der Waals surface area contributed by atoms with Gasteiger partial charge in [-0.3, -0.25) is 4.79 Å². The number of carbonyl (C=O) groups is 1. The van der Waals surface area contributed by atoms with E-state index in [1.165, 1.54) is 0 Å². The molecule has 118 valence electrons. The topological polar surface area (TPSA) is 46.5 Å². The predicted molar refractivity (Wildman–Crippen MR) is 86.0 cm³/mol. The molecule has 3 rings (SSSR count). The number of ether oxygens (including phenoxy) is 1. The van der Waals surface area contributed by atoms with Crippen molar-refractivity contribution in [3.63, 3.8) is 0 Å². The van der Waals surface area contributed by atoms with Crippen LogP contribution in [0.4, 0.5) is 0 Å². The van der Waals surface area contributed by atoms with E-state index in [0.717, 1.165) is 12.0 Å². The Bertz CT molecular complexity index is 631. The number of hydrogen-bond acceptors (Lipinski definition) is 3. The van der Waals surface area contributed by atoms with Crippen molar-refractivity contribution in [2.24, 2.45) is 11.3 Å². The maximum absolute atomic E-state index is 13.0. The standard InChI is InChI=1S/C19H24O3/c1-12(2)22-16-15(14-8-6-5-7-9-14)19(21)13(3)10-11-18(19,4)17(16)20/h5-9,12-13,21H,10-11H2,1-4H3/t13?,18-,19-/m1/s1. The van der Waals surface area contributed by atoms with Crippen LogP contribution in [0.1, 0.15) is 46.1 Å². The van der Waals surface area contributed by atoms with Gasteiger partial charge < -0.3 is 9.84 Å². The average molecular weight is 300 g/mol. The van der Waals surface area contributed by atoms with Gasteiger partial charge in [-0.2, -0.15) is 0 Å². The molecule has 1 aromatic rings. The van der Waals surface area contributed by atoms with E-state index < -0.39 is 11.0 Å². The molecule has 0 aliphatic heterocycles. The zero-order chi connectivity index (χ0) is 16.1. The van der Waals surface area contributed by atoms with Crippen LogP contribution >= 0.6 is 0 Å². The zero-order valence-electron chi connectivity index (χ0n) is 13.7. The first kappa shape index (κ1) is 15.3. The minimum Gasteiger partial charge on any atom is -0.487 e. The summed E-state index contributed by atoms with van der Waals surface area (Å²) >= 11 is 0. The van der Waals surface area contributed by atoms with Gasteiger partial charge in [0.15, 0.2) is 5.76 Å². The smallest absolute Gasteiger partial charge is 0.206 e. The largest absolute Gasteiger partial charge is 0.487 e. The Morgan fingerprint density at radius 1 is 1.27 bits per heavy atom. The van der Waals surface area contributed by atoms with Gasteiger partial charge in [-0.15, -0.1) is 0 Å². The van der Waals surface area contributed by atoms with Gasteiger partial charge >= 0.3 is 0 Å². The van der Waals surface area contributed by atoms with Crippen molar-refractivity contribution in [1.82, 2.24) is 0 Å². The van der Waals surface area contributed by atoms with Gasteiger partial charge in [-0.05, 0) is 45.1 Å². The Hall–Kier alpha value is -1.61. The summed E-state index contributed by atoms with van der Waals surface area (Å²) in [7, 11) is 0. The van der Waals surface area contributed by atoms with Crippen molar-refractivity contribution in [3.05, 3.63) is 41.7 Å². The summed E-state index contributed by atoms with van der Waals surface area (Å²) in [5, 5.41) is 11.6. The first-order valence-corrected chi connectivity index (χ1v) is 8.06. The normalized spacial score (nSPS) is 34.5. The van der Waals surface area contributed by atoms with Gasteiger partial charge in [-0.1, -0.05) is 37.3 Å². The fourth-order valence-corrected chi connectivity index (χ4v) is 4.10. The highest BCUT2D eigenvalue weighted by Gasteiger charge is 2.67. The van der Waals surface area contributed by atoms with E-state index in [1.54, 1.807) is 0 Å². The number of fused-ring (bicyclic) bond motifs is 1. The summed E-state index contributed by atoms with van der Waals surface area (Å²) in [4.78, 5) is 13.0. The third-order valence-corrected chi connectivity index (χ3v) is 5.36. The fraction of sp³-hybridized carbons (Fsp3) is 0.526. The van der Waals surface area contributed by atoms with Crippen LogP contribution in [0.3, 0.4) is 0 Å². The molecule has 2 aliphatic rings. The number of hydrogen-bond donors (Lipinski definition) is 1. The lowest BCUT2D eigenvalue weighted by Crippen LogP contribution is -2.46. The molecule has 0 bridgehead atoms. The van der Waals surface area contributed by atoms with Crippen molar-refractivity contribution in [2.45, 2.75) is 52.2 Å². The van der Waals surface area contributed by atoms with E-state index in [1.807, 2.05) is 58.0 Å². The molecule has 0 spiro atoms. The van der Waals surface area contributed by atoms with Gasteiger partial charge in [-0.25, -0.2) is 0 Å². The van der Waals surface area contributed by atoms with Crippen LogP contribution in [0.15, 0.2) is 36.1 Å². The van der Waals surface area contributed by atoms with Gasteiger partial charge in [0.1, 0.15) is 5.60 Å². The molecule has 0 heterocycles. The average Bonchev–Trinajstić information content (AvgIpc) is 2.81. The summed E-state index contributed by atoms with van der Waals surface area (Å²) in [6.07, 6.45) is 1.45. The molecule has 1 N–H and O–H groups in total. The van der Waals surface area contributed by atoms with Gasteiger partial charge in [0.25, 0.3) is 0 Å². The number of allylic oxidation sites excluding steroid dienone is 1. The van der Waals surface area contributed by atoms with Crippen molar-refractivity contribution in [3.8, 4) is 0 Å². The number of aliphatic hydroxyl groups is 1. The molecule has 22 heavy (non-hydrogen) atoms. The number of benzene rings is 1. The molecule has 0 aromatic heterocycles. The lowest BCUT2D eigenvalue weighted by atomic mass is 9.71. The van der Waals surface area contributed by atoms with Crippen LogP contribution < -0.4 is 0 Å². The molecule has 0 radical (unpaired) electrons. The Balaban J connectivity index is 2.25. The second-order valence-electron chi connectivity index (χ2n) is 7.10. The fourth-order valence-electron chi connectivity index (χ4n) is 4.10. The third-order valence-electron chi connectivity index (χ3n) is 5.36. The van der Waals surface area contributed by atoms with E-state index in [9.17, 15) is 9.90 Å². The summed E-state index contributed by atoms with van der Waals surface area (Å²) in [5.74, 6) is 0.342. The summed E-state index contributed by atoms with van der Waals surface area (Å²) in [5.41, 5.74) is -0.358. The number of carbonyl (C=O) groups excluding carboxylic acids is 1. The van der Waals surface area contributed by atoms with Gasteiger partial charge in [0, 0.05) is 5.57 Å². The highest BCUT2D eigenvalue weighted by atomic mass is 16.5. The molecule has 1 fully saturated rings. The molecule has 2 aliphatic carbocycles. The van der Waals surface area contributed by atoms with Crippen molar-refractivity contribution in [2.75, 3.05) is 0 Å². The maximum Gasteiger partial charge on any atom is 0.206 e. The minimum absolute atomic E-state index is 0.0323. The van der Waals surface area contributed by atoms with E-state index >= 15 is 0 Å². The molecule has 1 aromatic carbocycles. The third kappa shape index (κ3) is 1.81. The molecule has 3 nitrogen and oxygen atoms in total. The highest BCUT2D eigenvalue weighted by molar-refractivity contribution is 6.13. The lowest BCUT2D eigenvalue weighted by molar-refractivity contribution is -0.134. The minimum atomic E-state index is -1.14. The second-order valence-corrected chi connectivity index (χ2v) is 7.10. The molecule has 1 saturated carbocycles. The van der Waals surface area contributed by atoms with Crippen LogP contribution in [-0.2, 0) is 9.53 Å². The maximum atomic E-state index is 13.0. The van der Waals surface area contributed by atoms with E-state index in [4.69, 9.17) is 4.74 Å². The highest BCUT2D eigenvalue weighted by Crippen LogP contribution is 2.62. The van der Waals surface area contributed by atoms with Crippen LogP contribution in [0.5, 0.6) is 0 Å². The first-order valence-electron chi connectivity index (χ1n) is 8.06. The van der Waals surface area contributed by atoms with Crippen LogP contribution in [0.2, 0.25) is 0 Å². The van der Waals surface area contributed by atoms with Gasteiger partial charge in [0.05, 0.1) is 11.5 Å². The predicted octanol–water partition coefficient (Wildman–Crippen LogP) is 3.57.